The third kappa shape index (κ3) is 1.97. The van der Waals surface area contributed by atoms with Crippen LogP contribution in [-0.2, 0) is 4.79 Å². The molecule has 0 spiro atoms. The summed E-state index contributed by atoms with van der Waals surface area (Å²) in [6, 6.07) is 0.0266. The fourth-order valence-electron chi connectivity index (χ4n) is 2.83. The molecule has 1 aliphatic carbocycles. The molecule has 0 aromatic rings. The predicted molar refractivity (Wildman–Crippen MR) is 64.9 cm³/mol. The summed E-state index contributed by atoms with van der Waals surface area (Å²) >= 11 is 0. The molecular formula is C13H24N2O. The van der Waals surface area contributed by atoms with Crippen LogP contribution in [0.1, 0.15) is 47.0 Å². The quantitative estimate of drug-likeness (QED) is 0.795. The fraction of sp³-hybridized carbons (Fsp3) is 0.923. The van der Waals surface area contributed by atoms with Crippen LogP contribution in [0.4, 0.5) is 0 Å². The number of nitrogens with zero attached hydrogens (tertiary/aromatic N) is 1. The van der Waals surface area contributed by atoms with Crippen molar-refractivity contribution in [3.63, 3.8) is 0 Å². The molecule has 2 atom stereocenters. The van der Waals surface area contributed by atoms with E-state index in [9.17, 15) is 4.79 Å². The largest absolute Gasteiger partial charge is 0.326 e. The number of hydrogen-bond donors (Lipinski definition) is 1. The lowest BCUT2D eigenvalue weighted by Gasteiger charge is -2.42. The van der Waals surface area contributed by atoms with E-state index in [2.05, 4.69) is 33.0 Å². The molecule has 2 aliphatic rings. The molecule has 1 heterocycles. The Balaban J connectivity index is 2.02. The molecule has 1 aliphatic heterocycles. The normalized spacial score (nSPS) is 33.3. The number of rotatable bonds is 3. The minimum Gasteiger partial charge on any atom is -0.326 e. The molecule has 0 aromatic heterocycles. The van der Waals surface area contributed by atoms with Gasteiger partial charge in [-0.2, -0.15) is 0 Å². The second-order valence-electron chi connectivity index (χ2n) is 6.19. The van der Waals surface area contributed by atoms with E-state index in [0.717, 1.165) is 6.54 Å². The molecule has 1 amide bonds. The first-order valence-electron chi connectivity index (χ1n) is 6.49. The molecule has 1 saturated carbocycles. The van der Waals surface area contributed by atoms with Gasteiger partial charge in [-0.15, -0.1) is 0 Å². The van der Waals surface area contributed by atoms with E-state index in [1.54, 1.807) is 0 Å². The first kappa shape index (κ1) is 11.9. The highest BCUT2D eigenvalue weighted by molar-refractivity contribution is 5.84. The van der Waals surface area contributed by atoms with Crippen molar-refractivity contribution in [2.24, 2.45) is 11.3 Å². The summed E-state index contributed by atoms with van der Waals surface area (Å²) in [6.07, 6.45) is 4.08. The van der Waals surface area contributed by atoms with Crippen molar-refractivity contribution in [1.29, 1.82) is 0 Å². The van der Waals surface area contributed by atoms with Crippen molar-refractivity contribution in [3.8, 4) is 0 Å². The summed E-state index contributed by atoms with van der Waals surface area (Å²) in [5.41, 5.74) is 0.386. The summed E-state index contributed by atoms with van der Waals surface area (Å²) in [5, 5.41) is 3.40. The second kappa shape index (κ2) is 4.02. The molecule has 1 N–H and O–H groups in total. The maximum atomic E-state index is 12.2. The average molecular weight is 224 g/mol. The summed E-state index contributed by atoms with van der Waals surface area (Å²) in [7, 11) is 0. The Hall–Kier alpha value is -0.570. The molecule has 0 aromatic carbocycles. The maximum absolute atomic E-state index is 12.2. The van der Waals surface area contributed by atoms with Crippen LogP contribution in [0.15, 0.2) is 0 Å². The molecule has 0 bridgehead atoms. The molecule has 2 fully saturated rings. The monoisotopic (exact) mass is 224 g/mol. The Morgan fingerprint density at radius 3 is 2.50 bits per heavy atom. The standard InChI is InChI=1S/C13H24N2O/c1-9(2)11-12(16)15(10(3)14-11)8-13(4)6-5-7-13/h9-11,14H,5-8H2,1-4H3. The zero-order valence-corrected chi connectivity index (χ0v) is 10.9. The smallest absolute Gasteiger partial charge is 0.241 e. The van der Waals surface area contributed by atoms with E-state index >= 15 is 0 Å². The summed E-state index contributed by atoms with van der Waals surface area (Å²) in [4.78, 5) is 14.3. The van der Waals surface area contributed by atoms with Crippen molar-refractivity contribution in [1.82, 2.24) is 10.2 Å². The Labute approximate surface area is 98.6 Å². The van der Waals surface area contributed by atoms with Gasteiger partial charge < -0.3 is 4.90 Å². The molecule has 0 radical (unpaired) electrons. The molecule has 3 nitrogen and oxygen atoms in total. The van der Waals surface area contributed by atoms with Gasteiger partial charge in [-0.3, -0.25) is 10.1 Å². The maximum Gasteiger partial charge on any atom is 0.241 e. The number of hydrogen-bond acceptors (Lipinski definition) is 2. The van der Waals surface area contributed by atoms with Gasteiger partial charge in [-0.1, -0.05) is 27.2 Å². The zero-order chi connectivity index (χ0) is 11.9. The van der Waals surface area contributed by atoms with Gasteiger partial charge in [0.05, 0.1) is 12.2 Å². The Morgan fingerprint density at radius 1 is 1.50 bits per heavy atom. The van der Waals surface area contributed by atoms with Crippen LogP contribution in [-0.4, -0.2) is 29.6 Å². The number of carbonyl (C=O) groups excluding carboxylic acids is 1. The lowest BCUT2D eigenvalue weighted by molar-refractivity contribution is -0.132. The third-order valence-electron chi connectivity index (χ3n) is 4.22. The van der Waals surface area contributed by atoms with E-state index in [4.69, 9.17) is 0 Å². The number of amides is 1. The van der Waals surface area contributed by atoms with Crippen molar-refractivity contribution in [2.75, 3.05) is 6.54 Å². The summed E-state index contributed by atoms with van der Waals surface area (Å²) < 4.78 is 0. The zero-order valence-electron chi connectivity index (χ0n) is 10.9. The predicted octanol–water partition coefficient (Wildman–Crippen LogP) is 1.98. The lowest BCUT2D eigenvalue weighted by Crippen LogP contribution is -2.45. The van der Waals surface area contributed by atoms with E-state index < -0.39 is 0 Å². The Morgan fingerprint density at radius 2 is 2.12 bits per heavy atom. The second-order valence-corrected chi connectivity index (χ2v) is 6.19. The van der Waals surface area contributed by atoms with Gasteiger partial charge in [0.2, 0.25) is 5.91 Å². The number of carbonyl (C=O) groups is 1. The van der Waals surface area contributed by atoms with Crippen LogP contribution >= 0.6 is 0 Å². The molecule has 16 heavy (non-hydrogen) atoms. The highest BCUT2D eigenvalue weighted by atomic mass is 16.2. The molecule has 3 heteroatoms. The van der Waals surface area contributed by atoms with Crippen LogP contribution in [0.3, 0.4) is 0 Å². The van der Waals surface area contributed by atoms with Gasteiger partial charge in [0.15, 0.2) is 0 Å². The van der Waals surface area contributed by atoms with Crippen molar-refractivity contribution in [2.45, 2.75) is 59.2 Å². The van der Waals surface area contributed by atoms with Gasteiger partial charge in [0.1, 0.15) is 0 Å². The van der Waals surface area contributed by atoms with E-state index in [1.165, 1.54) is 19.3 Å². The minimum absolute atomic E-state index is 0.0266. The van der Waals surface area contributed by atoms with Gasteiger partial charge in [-0.05, 0) is 31.1 Å². The first-order chi connectivity index (χ1) is 7.43. The fourth-order valence-corrected chi connectivity index (χ4v) is 2.83. The Bertz CT molecular complexity index is 284. The average Bonchev–Trinajstić information content (AvgIpc) is 2.43. The van der Waals surface area contributed by atoms with Crippen LogP contribution in [0.25, 0.3) is 0 Å². The highest BCUT2D eigenvalue weighted by Crippen LogP contribution is 2.41. The highest BCUT2D eigenvalue weighted by Gasteiger charge is 2.43. The molecular weight excluding hydrogens is 200 g/mol. The van der Waals surface area contributed by atoms with Crippen molar-refractivity contribution >= 4 is 5.91 Å². The summed E-state index contributed by atoms with van der Waals surface area (Å²) in [6.45, 7) is 9.55. The van der Waals surface area contributed by atoms with Gasteiger partial charge in [0.25, 0.3) is 0 Å². The molecule has 92 valence electrons. The SMILES string of the molecule is CC(C)C1NC(C)N(CC2(C)CCC2)C1=O. The molecule has 2 rings (SSSR count). The van der Waals surface area contributed by atoms with Crippen LogP contribution in [0.2, 0.25) is 0 Å². The topological polar surface area (TPSA) is 32.3 Å². The van der Waals surface area contributed by atoms with Crippen LogP contribution in [0.5, 0.6) is 0 Å². The third-order valence-corrected chi connectivity index (χ3v) is 4.22. The van der Waals surface area contributed by atoms with Gasteiger partial charge in [0, 0.05) is 6.54 Å². The van der Waals surface area contributed by atoms with Gasteiger partial charge >= 0.3 is 0 Å². The van der Waals surface area contributed by atoms with E-state index in [-0.39, 0.29) is 12.2 Å². The van der Waals surface area contributed by atoms with Crippen LogP contribution < -0.4 is 5.32 Å². The van der Waals surface area contributed by atoms with Gasteiger partial charge in [-0.25, -0.2) is 0 Å². The lowest BCUT2D eigenvalue weighted by atomic mass is 9.70. The Kier molecular flexibility index (Phi) is 2.99. The van der Waals surface area contributed by atoms with Crippen LogP contribution in [0, 0.1) is 11.3 Å². The van der Waals surface area contributed by atoms with E-state index in [0.29, 0.717) is 17.2 Å². The first-order valence-corrected chi connectivity index (χ1v) is 6.49. The van der Waals surface area contributed by atoms with Crippen molar-refractivity contribution < 1.29 is 4.79 Å². The van der Waals surface area contributed by atoms with E-state index in [1.807, 2.05) is 4.90 Å². The molecule has 2 unspecified atom stereocenters. The molecule has 1 saturated heterocycles. The number of nitrogens with one attached hydrogen (secondary N) is 1. The minimum atomic E-state index is 0.0266. The van der Waals surface area contributed by atoms with Crippen molar-refractivity contribution in [3.05, 3.63) is 0 Å². The summed E-state index contributed by atoms with van der Waals surface area (Å²) in [5.74, 6) is 0.685.